The molecule has 0 aliphatic rings. The van der Waals surface area contributed by atoms with Crippen molar-refractivity contribution < 1.29 is 37.3 Å². The largest absolute Gasteiger partial charge is 0.504 e. The summed E-state index contributed by atoms with van der Waals surface area (Å²) in [6, 6.07) is 18.4. The number of sulfonamides is 1. The first kappa shape index (κ1) is 24.3. The Bertz CT molecular complexity index is 1630. The van der Waals surface area contributed by atoms with E-state index in [-0.39, 0.29) is 11.4 Å². The SMILES string of the molecule is O=S(=O)(CN(Cc1ccc2ccccc2c1)S(=O)(=O)c1ccc(O)c(O)c1)c1ccc(O)c(O)c1. The number of nitrogens with zero attached hydrogens (tertiary/aromatic N) is 1. The van der Waals surface area contributed by atoms with Crippen LogP contribution in [-0.4, -0.2) is 47.4 Å². The summed E-state index contributed by atoms with van der Waals surface area (Å²) in [7, 11) is -8.79. The quantitative estimate of drug-likeness (QED) is 0.274. The van der Waals surface area contributed by atoms with E-state index < -0.39 is 53.6 Å². The molecule has 0 bridgehead atoms. The highest BCUT2D eigenvalue weighted by molar-refractivity contribution is 7.93. The Balaban J connectivity index is 1.78. The minimum atomic E-state index is -4.48. The third kappa shape index (κ3) is 5.02. The lowest BCUT2D eigenvalue weighted by Gasteiger charge is -2.23. The second kappa shape index (κ2) is 9.10. The van der Waals surface area contributed by atoms with Crippen molar-refractivity contribution in [2.75, 3.05) is 5.88 Å². The van der Waals surface area contributed by atoms with E-state index in [2.05, 4.69) is 0 Å². The smallest absolute Gasteiger partial charge is 0.244 e. The van der Waals surface area contributed by atoms with Crippen LogP contribution < -0.4 is 0 Å². The van der Waals surface area contributed by atoms with Gasteiger partial charge in [-0.3, -0.25) is 0 Å². The molecule has 0 unspecified atom stereocenters. The molecule has 4 aromatic rings. The zero-order valence-electron chi connectivity index (χ0n) is 18.1. The molecule has 0 fully saturated rings. The molecule has 4 rings (SSSR count). The Hall–Kier alpha value is -3.80. The second-order valence-electron chi connectivity index (χ2n) is 7.84. The molecule has 0 spiro atoms. The van der Waals surface area contributed by atoms with Gasteiger partial charge in [0.15, 0.2) is 32.8 Å². The fraction of sp³-hybridized carbons (Fsp3) is 0.0833. The van der Waals surface area contributed by atoms with Crippen LogP contribution in [-0.2, 0) is 26.4 Å². The van der Waals surface area contributed by atoms with Crippen LogP contribution >= 0.6 is 0 Å². The fourth-order valence-electron chi connectivity index (χ4n) is 3.51. The molecule has 9 nitrogen and oxygen atoms in total. The topological polar surface area (TPSA) is 152 Å². The average molecular weight is 516 g/mol. The lowest BCUT2D eigenvalue weighted by molar-refractivity contribution is 0.400. The van der Waals surface area contributed by atoms with Crippen molar-refractivity contribution in [2.45, 2.75) is 16.3 Å². The molecule has 0 saturated carbocycles. The van der Waals surface area contributed by atoms with Crippen LogP contribution in [0.5, 0.6) is 23.0 Å². The van der Waals surface area contributed by atoms with Crippen LogP contribution in [0.4, 0.5) is 0 Å². The average Bonchev–Trinajstić information content (AvgIpc) is 2.81. The Kier molecular flexibility index (Phi) is 6.32. The van der Waals surface area contributed by atoms with Gasteiger partial charge in [-0.1, -0.05) is 36.4 Å². The first-order valence-electron chi connectivity index (χ1n) is 10.2. The summed E-state index contributed by atoms with van der Waals surface area (Å²) in [6.07, 6.45) is 0. The Morgan fingerprint density at radius 3 is 1.80 bits per heavy atom. The molecule has 0 atom stereocenters. The summed E-state index contributed by atoms with van der Waals surface area (Å²) < 4.78 is 53.9. The van der Waals surface area contributed by atoms with Crippen LogP contribution in [0.1, 0.15) is 5.56 Å². The number of hydrogen-bond donors (Lipinski definition) is 4. The summed E-state index contributed by atoms with van der Waals surface area (Å²) in [5, 5.41) is 40.4. The first-order chi connectivity index (χ1) is 16.5. The number of phenolic OH excluding ortho intramolecular Hbond substituents is 4. The lowest BCUT2D eigenvalue weighted by atomic mass is 10.1. The second-order valence-corrected chi connectivity index (χ2v) is 11.7. The molecule has 0 saturated heterocycles. The summed E-state index contributed by atoms with van der Waals surface area (Å²) in [5.41, 5.74) is 0.513. The van der Waals surface area contributed by atoms with E-state index in [1.165, 1.54) is 0 Å². The highest BCUT2D eigenvalue weighted by Gasteiger charge is 2.31. The third-order valence-corrected chi connectivity index (χ3v) is 8.95. The van der Waals surface area contributed by atoms with Gasteiger partial charge in [-0.05, 0) is 46.7 Å². The highest BCUT2D eigenvalue weighted by Crippen LogP contribution is 2.32. The summed E-state index contributed by atoms with van der Waals surface area (Å²) in [6.45, 7) is -0.321. The predicted molar refractivity (Wildman–Crippen MR) is 128 cm³/mol. The zero-order chi connectivity index (χ0) is 25.4. The maximum Gasteiger partial charge on any atom is 0.244 e. The first-order valence-corrected chi connectivity index (χ1v) is 13.3. The van der Waals surface area contributed by atoms with E-state index in [1.807, 2.05) is 24.3 Å². The molecule has 182 valence electrons. The van der Waals surface area contributed by atoms with Gasteiger partial charge in [0.1, 0.15) is 5.88 Å². The van der Waals surface area contributed by atoms with Crippen molar-refractivity contribution in [1.82, 2.24) is 4.31 Å². The summed E-state index contributed by atoms with van der Waals surface area (Å²) in [4.78, 5) is -0.808. The molecule has 35 heavy (non-hydrogen) atoms. The van der Waals surface area contributed by atoms with E-state index in [0.717, 1.165) is 51.5 Å². The van der Waals surface area contributed by atoms with Crippen LogP contribution in [0.25, 0.3) is 10.8 Å². The molecular formula is C24H21NO8S2. The number of sulfone groups is 1. The highest BCUT2D eigenvalue weighted by atomic mass is 32.2. The number of phenols is 4. The van der Waals surface area contributed by atoms with Gasteiger partial charge in [-0.25, -0.2) is 16.8 Å². The molecule has 0 aliphatic carbocycles. The number of rotatable bonds is 7. The van der Waals surface area contributed by atoms with E-state index in [0.29, 0.717) is 5.56 Å². The van der Waals surface area contributed by atoms with Crippen LogP contribution in [0.2, 0.25) is 0 Å². The van der Waals surface area contributed by atoms with Crippen molar-refractivity contribution in [1.29, 1.82) is 0 Å². The standard InChI is InChI=1S/C24H21NO8S2/c26-21-9-7-19(12-23(21)28)34(30,31)15-25(35(32,33)20-8-10-22(27)24(29)13-20)14-16-5-6-17-3-1-2-4-18(17)11-16/h1-13,26-29H,14-15H2. The van der Waals surface area contributed by atoms with E-state index in [9.17, 15) is 37.3 Å². The number of benzene rings is 4. The van der Waals surface area contributed by atoms with Gasteiger partial charge in [0.2, 0.25) is 10.0 Å². The maximum absolute atomic E-state index is 13.5. The van der Waals surface area contributed by atoms with Gasteiger partial charge >= 0.3 is 0 Å². The van der Waals surface area contributed by atoms with Crippen LogP contribution in [0, 0.1) is 0 Å². The van der Waals surface area contributed by atoms with Gasteiger partial charge in [0, 0.05) is 18.7 Å². The molecule has 0 heterocycles. The van der Waals surface area contributed by atoms with Gasteiger partial charge in [0.25, 0.3) is 0 Å². The van der Waals surface area contributed by atoms with E-state index in [1.54, 1.807) is 18.2 Å². The monoisotopic (exact) mass is 515 g/mol. The molecule has 11 heteroatoms. The Morgan fingerprint density at radius 1 is 0.600 bits per heavy atom. The fourth-order valence-corrected chi connectivity index (χ4v) is 6.79. The molecule has 4 aromatic carbocycles. The van der Waals surface area contributed by atoms with Crippen LogP contribution in [0.15, 0.2) is 88.7 Å². The van der Waals surface area contributed by atoms with Crippen LogP contribution in [0.3, 0.4) is 0 Å². The van der Waals surface area contributed by atoms with Crippen molar-refractivity contribution >= 4 is 30.6 Å². The molecule has 0 radical (unpaired) electrons. The Labute approximate surface area is 201 Å². The Morgan fingerprint density at radius 2 is 1.17 bits per heavy atom. The molecular weight excluding hydrogens is 494 g/mol. The number of aromatic hydroxyl groups is 4. The number of fused-ring (bicyclic) bond motifs is 1. The molecule has 0 aliphatic heterocycles. The molecule has 0 aromatic heterocycles. The lowest BCUT2D eigenvalue weighted by Crippen LogP contribution is -2.35. The molecule has 0 amide bonds. The van der Waals surface area contributed by atoms with Crippen molar-refractivity contribution in [3.8, 4) is 23.0 Å². The predicted octanol–water partition coefficient (Wildman–Crippen LogP) is 3.28. The van der Waals surface area contributed by atoms with E-state index in [4.69, 9.17) is 0 Å². The minimum Gasteiger partial charge on any atom is -0.504 e. The maximum atomic E-state index is 13.5. The minimum absolute atomic E-state index is 0.321. The summed E-state index contributed by atoms with van der Waals surface area (Å²) in [5.74, 6) is -3.39. The third-order valence-electron chi connectivity index (χ3n) is 5.38. The van der Waals surface area contributed by atoms with E-state index >= 15 is 0 Å². The summed E-state index contributed by atoms with van der Waals surface area (Å²) >= 11 is 0. The normalized spacial score (nSPS) is 12.3. The molecule has 4 N–H and O–H groups in total. The zero-order valence-corrected chi connectivity index (χ0v) is 19.7. The van der Waals surface area contributed by atoms with Crippen molar-refractivity contribution in [2.24, 2.45) is 0 Å². The van der Waals surface area contributed by atoms with Gasteiger partial charge in [0.05, 0.1) is 9.79 Å². The van der Waals surface area contributed by atoms with Crippen molar-refractivity contribution in [3.63, 3.8) is 0 Å². The van der Waals surface area contributed by atoms with Crippen molar-refractivity contribution in [3.05, 3.63) is 84.4 Å². The number of hydrogen-bond acceptors (Lipinski definition) is 8. The van der Waals surface area contributed by atoms with Gasteiger partial charge in [-0.15, -0.1) is 0 Å². The van der Waals surface area contributed by atoms with Gasteiger partial charge < -0.3 is 20.4 Å². The van der Waals surface area contributed by atoms with Gasteiger partial charge in [-0.2, -0.15) is 4.31 Å².